The van der Waals surface area contributed by atoms with Crippen LogP contribution in [0, 0.1) is 0 Å². The third-order valence-corrected chi connectivity index (χ3v) is 2.29. The summed E-state index contributed by atoms with van der Waals surface area (Å²) in [6, 6.07) is 13.3. The van der Waals surface area contributed by atoms with E-state index in [-0.39, 0.29) is 11.3 Å². The predicted octanol–water partition coefficient (Wildman–Crippen LogP) is 2.76. The molecule has 0 bridgehead atoms. The van der Waals surface area contributed by atoms with Crippen LogP contribution in [0.15, 0.2) is 48.5 Å². The summed E-state index contributed by atoms with van der Waals surface area (Å²) in [5.74, 6) is -0.791. The van der Waals surface area contributed by atoms with Gasteiger partial charge in [0.1, 0.15) is 5.75 Å². The quantitative estimate of drug-likeness (QED) is 0.808. The van der Waals surface area contributed by atoms with Gasteiger partial charge >= 0.3 is 5.97 Å². The van der Waals surface area contributed by atoms with Gasteiger partial charge in [-0.15, -0.1) is 0 Å². The summed E-state index contributed by atoms with van der Waals surface area (Å²) in [5.41, 5.74) is 1.81. The molecular formula is C13H10O3. The van der Waals surface area contributed by atoms with E-state index in [1.807, 2.05) is 6.07 Å². The summed E-state index contributed by atoms with van der Waals surface area (Å²) in [5, 5.41) is 18.2. The Labute approximate surface area is 92.6 Å². The zero-order chi connectivity index (χ0) is 11.5. The predicted molar refractivity (Wildman–Crippen MR) is 60.5 cm³/mol. The monoisotopic (exact) mass is 214 g/mol. The second-order valence-electron chi connectivity index (χ2n) is 3.44. The number of carboxylic acid groups (broad SMARTS) is 1. The number of aromatic hydroxyl groups is 1. The van der Waals surface area contributed by atoms with Crippen LogP contribution in [0.5, 0.6) is 5.75 Å². The highest BCUT2D eigenvalue weighted by atomic mass is 16.4. The van der Waals surface area contributed by atoms with Gasteiger partial charge in [0.2, 0.25) is 0 Å². The Morgan fingerprint density at radius 2 is 1.56 bits per heavy atom. The van der Waals surface area contributed by atoms with Gasteiger partial charge < -0.3 is 10.2 Å². The summed E-state index contributed by atoms with van der Waals surface area (Å²) in [7, 11) is 0. The second-order valence-corrected chi connectivity index (χ2v) is 3.44. The molecule has 80 valence electrons. The summed E-state index contributed by atoms with van der Waals surface area (Å²) in [6.07, 6.45) is 0. The van der Waals surface area contributed by atoms with Gasteiger partial charge in [-0.1, -0.05) is 24.3 Å². The first-order valence-corrected chi connectivity index (χ1v) is 4.79. The van der Waals surface area contributed by atoms with Crippen LogP contribution in [-0.4, -0.2) is 16.2 Å². The molecule has 3 heteroatoms. The molecule has 0 amide bonds. The molecule has 0 aliphatic carbocycles. The van der Waals surface area contributed by atoms with E-state index in [1.54, 1.807) is 36.4 Å². The molecule has 0 atom stereocenters. The van der Waals surface area contributed by atoms with Crippen molar-refractivity contribution >= 4 is 5.97 Å². The lowest BCUT2D eigenvalue weighted by molar-refractivity contribution is 0.0697. The van der Waals surface area contributed by atoms with Crippen molar-refractivity contribution in [2.75, 3.05) is 0 Å². The molecule has 0 saturated carbocycles. The van der Waals surface area contributed by atoms with Crippen molar-refractivity contribution in [3.05, 3.63) is 54.1 Å². The average Bonchev–Trinajstić information content (AvgIpc) is 2.29. The average molecular weight is 214 g/mol. The first kappa shape index (κ1) is 10.2. The minimum atomic E-state index is -0.956. The number of hydrogen-bond acceptors (Lipinski definition) is 2. The lowest BCUT2D eigenvalue weighted by atomic mass is 10.0. The lowest BCUT2D eigenvalue weighted by Gasteiger charge is -2.03. The minimum absolute atomic E-state index is 0.165. The number of phenols is 1. The molecule has 2 aromatic rings. The van der Waals surface area contributed by atoms with Crippen molar-refractivity contribution in [1.82, 2.24) is 0 Å². The number of rotatable bonds is 2. The van der Waals surface area contributed by atoms with E-state index in [1.165, 1.54) is 6.07 Å². The standard InChI is InChI=1S/C13H10O3/c14-12-6-2-4-10(8-12)9-3-1-5-11(7-9)13(15)16/h1-8,14H,(H,15,16). The number of aromatic carboxylic acids is 1. The van der Waals surface area contributed by atoms with Gasteiger partial charge in [-0.25, -0.2) is 4.79 Å². The normalized spacial score (nSPS) is 10.0. The maximum Gasteiger partial charge on any atom is 0.335 e. The van der Waals surface area contributed by atoms with Crippen molar-refractivity contribution in [3.8, 4) is 16.9 Å². The Hall–Kier alpha value is -2.29. The molecule has 0 saturated heterocycles. The number of carboxylic acids is 1. The largest absolute Gasteiger partial charge is 0.508 e. The fourth-order valence-corrected chi connectivity index (χ4v) is 1.52. The highest BCUT2D eigenvalue weighted by Crippen LogP contribution is 2.23. The Balaban J connectivity index is 2.48. The van der Waals surface area contributed by atoms with Gasteiger partial charge in [-0.05, 0) is 35.4 Å². The van der Waals surface area contributed by atoms with Gasteiger partial charge in [0, 0.05) is 0 Å². The van der Waals surface area contributed by atoms with E-state index >= 15 is 0 Å². The van der Waals surface area contributed by atoms with Crippen molar-refractivity contribution in [1.29, 1.82) is 0 Å². The summed E-state index contributed by atoms with van der Waals surface area (Å²) >= 11 is 0. The number of carbonyl (C=O) groups is 1. The molecule has 2 aromatic carbocycles. The summed E-state index contributed by atoms with van der Waals surface area (Å²) in [6.45, 7) is 0. The fraction of sp³-hybridized carbons (Fsp3) is 0. The molecule has 3 nitrogen and oxygen atoms in total. The van der Waals surface area contributed by atoms with Crippen LogP contribution in [0.2, 0.25) is 0 Å². The lowest BCUT2D eigenvalue weighted by Crippen LogP contribution is -1.95. The van der Waals surface area contributed by atoms with Crippen molar-refractivity contribution in [2.45, 2.75) is 0 Å². The third-order valence-electron chi connectivity index (χ3n) is 2.29. The van der Waals surface area contributed by atoms with E-state index in [9.17, 15) is 9.90 Å². The van der Waals surface area contributed by atoms with Crippen LogP contribution in [0.4, 0.5) is 0 Å². The second kappa shape index (κ2) is 4.06. The van der Waals surface area contributed by atoms with E-state index in [0.29, 0.717) is 0 Å². The van der Waals surface area contributed by atoms with Crippen LogP contribution >= 0.6 is 0 Å². The third kappa shape index (κ3) is 2.03. The Morgan fingerprint density at radius 3 is 2.19 bits per heavy atom. The molecule has 16 heavy (non-hydrogen) atoms. The van der Waals surface area contributed by atoms with Gasteiger partial charge in [-0.3, -0.25) is 0 Å². The summed E-state index contributed by atoms with van der Waals surface area (Å²) in [4.78, 5) is 10.8. The smallest absolute Gasteiger partial charge is 0.335 e. The maximum atomic E-state index is 10.8. The van der Waals surface area contributed by atoms with E-state index in [2.05, 4.69) is 0 Å². The molecule has 0 fully saturated rings. The zero-order valence-electron chi connectivity index (χ0n) is 8.42. The van der Waals surface area contributed by atoms with Crippen LogP contribution in [0.3, 0.4) is 0 Å². The Bertz CT molecular complexity index is 532. The van der Waals surface area contributed by atoms with Crippen LogP contribution < -0.4 is 0 Å². The van der Waals surface area contributed by atoms with Gasteiger partial charge in [0.05, 0.1) is 5.56 Å². The maximum absolute atomic E-state index is 10.8. The van der Waals surface area contributed by atoms with Crippen molar-refractivity contribution in [3.63, 3.8) is 0 Å². The molecule has 0 unspecified atom stereocenters. The first-order chi connectivity index (χ1) is 7.66. The molecule has 0 spiro atoms. The molecule has 0 aliphatic rings. The molecule has 0 aromatic heterocycles. The number of phenolic OH excluding ortho intramolecular Hbond substituents is 1. The molecule has 2 rings (SSSR count). The van der Waals surface area contributed by atoms with Crippen LogP contribution in [0.25, 0.3) is 11.1 Å². The number of hydrogen-bond donors (Lipinski definition) is 2. The van der Waals surface area contributed by atoms with Crippen LogP contribution in [-0.2, 0) is 0 Å². The van der Waals surface area contributed by atoms with Crippen LogP contribution in [0.1, 0.15) is 10.4 Å². The molecule has 0 heterocycles. The highest BCUT2D eigenvalue weighted by Gasteiger charge is 2.04. The van der Waals surface area contributed by atoms with E-state index in [4.69, 9.17) is 5.11 Å². The highest BCUT2D eigenvalue weighted by molar-refractivity contribution is 5.89. The minimum Gasteiger partial charge on any atom is -0.508 e. The number of benzene rings is 2. The van der Waals surface area contributed by atoms with Gasteiger partial charge in [0.25, 0.3) is 0 Å². The molecule has 2 N–H and O–H groups in total. The summed E-state index contributed by atoms with van der Waals surface area (Å²) < 4.78 is 0. The van der Waals surface area contributed by atoms with Gasteiger partial charge in [-0.2, -0.15) is 0 Å². The van der Waals surface area contributed by atoms with E-state index < -0.39 is 5.97 Å². The first-order valence-electron chi connectivity index (χ1n) is 4.79. The van der Waals surface area contributed by atoms with Gasteiger partial charge in [0.15, 0.2) is 0 Å². The topological polar surface area (TPSA) is 57.5 Å². The SMILES string of the molecule is O=C(O)c1cccc(-c2cccc(O)c2)c1. The molecule has 0 aliphatic heterocycles. The Morgan fingerprint density at radius 1 is 0.938 bits per heavy atom. The zero-order valence-corrected chi connectivity index (χ0v) is 8.42. The van der Waals surface area contributed by atoms with Crippen molar-refractivity contribution < 1.29 is 15.0 Å². The van der Waals surface area contributed by atoms with E-state index in [0.717, 1.165) is 11.1 Å². The fourth-order valence-electron chi connectivity index (χ4n) is 1.52. The molecular weight excluding hydrogens is 204 g/mol. The molecule has 0 radical (unpaired) electrons. The Kier molecular flexibility index (Phi) is 2.60. The van der Waals surface area contributed by atoms with Crippen molar-refractivity contribution in [2.24, 2.45) is 0 Å².